The minimum absolute atomic E-state index is 0.0365. The highest BCUT2D eigenvalue weighted by Gasteiger charge is 2.27. The maximum Gasteiger partial charge on any atom is 0.264 e. The minimum atomic E-state index is -0.468. The molecule has 1 saturated heterocycles. The van der Waals surface area contributed by atoms with Gasteiger partial charge >= 0.3 is 0 Å². The first-order chi connectivity index (χ1) is 12.8. The number of pyridine rings is 1. The molecule has 0 radical (unpaired) electrons. The normalized spacial score (nSPS) is 15.0. The fourth-order valence-electron chi connectivity index (χ4n) is 2.88. The SMILES string of the molecule is Cc1cc(NC(=O)C(C)(C)C)sc1C(=O)N1CCN(c2ccccn2)CC1. The number of aromatic nitrogens is 1. The van der Waals surface area contributed by atoms with Gasteiger partial charge in [-0.1, -0.05) is 26.8 Å². The Hall–Kier alpha value is -2.41. The molecule has 0 unspecified atom stereocenters. The molecular formula is C20H26N4O2S. The van der Waals surface area contributed by atoms with Gasteiger partial charge in [-0.25, -0.2) is 4.98 Å². The molecule has 0 aliphatic carbocycles. The Morgan fingerprint density at radius 1 is 1.15 bits per heavy atom. The molecule has 2 aromatic rings. The van der Waals surface area contributed by atoms with Crippen LogP contribution in [0.25, 0.3) is 0 Å². The van der Waals surface area contributed by atoms with Crippen LogP contribution in [0.15, 0.2) is 30.5 Å². The van der Waals surface area contributed by atoms with Gasteiger partial charge in [-0.05, 0) is 30.7 Å². The highest BCUT2D eigenvalue weighted by atomic mass is 32.1. The summed E-state index contributed by atoms with van der Waals surface area (Å²) in [6.07, 6.45) is 1.79. The average molecular weight is 387 g/mol. The zero-order chi connectivity index (χ0) is 19.6. The molecule has 144 valence electrons. The summed E-state index contributed by atoms with van der Waals surface area (Å²) in [5.41, 5.74) is 0.436. The molecule has 2 aromatic heterocycles. The fourth-order valence-corrected chi connectivity index (χ4v) is 3.91. The van der Waals surface area contributed by atoms with Gasteiger partial charge in [0.2, 0.25) is 5.91 Å². The number of nitrogens with zero attached hydrogens (tertiary/aromatic N) is 3. The largest absolute Gasteiger partial charge is 0.353 e. The highest BCUT2D eigenvalue weighted by Crippen LogP contribution is 2.30. The molecule has 0 aromatic carbocycles. The first kappa shape index (κ1) is 19.4. The second-order valence-electron chi connectivity index (χ2n) is 7.79. The molecule has 3 heterocycles. The minimum Gasteiger partial charge on any atom is -0.353 e. The van der Waals surface area contributed by atoms with Crippen molar-refractivity contribution < 1.29 is 9.59 Å². The van der Waals surface area contributed by atoms with Gasteiger partial charge in [-0.15, -0.1) is 11.3 Å². The van der Waals surface area contributed by atoms with Crippen molar-refractivity contribution in [1.82, 2.24) is 9.88 Å². The lowest BCUT2D eigenvalue weighted by Gasteiger charge is -2.35. The number of piperazine rings is 1. The third kappa shape index (κ3) is 4.47. The molecule has 1 fully saturated rings. The van der Waals surface area contributed by atoms with Crippen molar-refractivity contribution in [2.24, 2.45) is 5.41 Å². The maximum atomic E-state index is 12.9. The summed E-state index contributed by atoms with van der Waals surface area (Å²) in [5, 5.41) is 3.65. The van der Waals surface area contributed by atoms with Crippen molar-refractivity contribution in [3.8, 4) is 0 Å². The molecule has 1 aliphatic heterocycles. The van der Waals surface area contributed by atoms with E-state index in [1.165, 1.54) is 11.3 Å². The van der Waals surface area contributed by atoms with Crippen LogP contribution in [0.4, 0.5) is 10.8 Å². The van der Waals surface area contributed by atoms with E-state index in [1.54, 1.807) is 6.20 Å². The number of aryl methyl sites for hydroxylation is 1. The molecule has 1 N–H and O–H groups in total. The molecule has 3 rings (SSSR count). The van der Waals surface area contributed by atoms with Crippen LogP contribution in [0.5, 0.6) is 0 Å². The number of carbonyl (C=O) groups is 2. The number of thiophene rings is 1. The van der Waals surface area contributed by atoms with Crippen molar-refractivity contribution in [2.75, 3.05) is 36.4 Å². The molecular weight excluding hydrogens is 360 g/mol. The Kier molecular flexibility index (Phi) is 5.51. The molecule has 0 bridgehead atoms. The van der Waals surface area contributed by atoms with E-state index in [2.05, 4.69) is 15.2 Å². The molecule has 2 amide bonds. The van der Waals surface area contributed by atoms with Crippen LogP contribution in [-0.4, -0.2) is 47.9 Å². The van der Waals surface area contributed by atoms with Crippen LogP contribution in [0.1, 0.15) is 36.0 Å². The Balaban J connectivity index is 1.64. The lowest BCUT2D eigenvalue weighted by Crippen LogP contribution is -2.49. The fraction of sp³-hybridized carbons (Fsp3) is 0.450. The summed E-state index contributed by atoms with van der Waals surface area (Å²) in [6.45, 7) is 10.4. The number of hydrogen-bond acceptors (Lipinski definition) is 5. The van der Waals surface area contributed by atoms with Crippen LogP contribution >= 0.6 is 11.3 Å². The summed E-state index contributed by atoms with van der Waals surface area (Å²) in [5.74, 6) is 0.935. The van der Waals surface area contributed by atoms with Crippen LogP contribution < -0.4 is 10.2 Å². The summed E-state index contributed by atoms with van der Waals surface area (Å²) >= 11 is 1.35. The van der Waals surface area contributed by atoms with Gasteiger partial charge in [-0.3, -0.25) is 9.59 Å². The Morgan fingerprint density at radius 2 is 1.85 bits per heavy atom. The van der Waals surface area contributed by atoms with Crippen LogP contribution in [0.2, 0.25) is 0 Å². The number of carbonyl (C=O) groups excluding carboxylic acids is 2. The molecule has 6 nitrogen and oxygen atoms in total. The summed E-state index contributed by atoms with van der Waals surface area (Å²) in [6, 6.07) is 7.75. The van der Waals surface area contributed by atoms with Crippen molar-refractivity contribution >= 4 is 34.0 Å². The summed E-state index contributed by atoms with van der Waals surface area (Å²) in [4.78, 5) is 34.3. The van der Waals surface area contributed by atoms with Gasteiger partial charge in [0.1, 0.15) is 5.82 Å². The third-order valence-electron chi connectivity index (χ3n) is 4.57. The van der Waals surface area contributed by atoms with Gasteiger partial charge in [-0.2, -0.15) is 0 Å². The summed E-state index contributed by atoms with van der Waals surface area (Å²) in [7, 11) is 0. The smallest absolute Gasteiger partial charge is 0.264 e. The Labute approximate surface area is 164 Å². The first-order valence-electron chi connectivity index (χ1n) is 9.13. The van der Waals surface area contributed by atoms with Crippen LogP contribution in [-0.2, 0) is 4.79 Å². The topological polar surface area (TPSA) is 65.5 Å². The van der Waals surface area contributed by atoms with Gasteiger partial charge in [0.25, 0.3) is 5.91 Å². The van der Waals surface area contributed by atoms with E-state index in [0.717, 1.165) is 29.5 Å². The second kappa shape index (κ2) is 7.68. The third-order valence-corrected chi connectivity index (χ3v) is 5.71. The maximum absolute atomic E-state index is 12.9. The first-order valence-corrected chi connectivity index (χ1v) is 9.94. The van der Waals surface area contributed by atoms with Crippen LogP contribution in [0, 0.1) is 12.3 Å². The average Bonchev–Trinajstić information content (AvgIpc) is 3.01. The zero-order valence-corrected chi connectivity index (χ0v) is 17.1. The standard InChI is InChI=1S/C20H26N4O2S/c1-14-13-16(22-19(26)20(2,3)4)27-17(14)18(25)24-11-9-23(10-12-24)15-7-5-6-8-21-15/h5-8,13H,9-12H2,1-4H3,(H,22,26). The van der Waals surface area contributed by atoms with E-state index in [1.807, 2.05) is 56.9 Å². The predicted octanol–water partition coefficient (Wildman–Crippen LogP) is 3.40. The second-order valence-corrected chi connectivity index (χ2v) is 8.85. The van der Waals surface area contributed by atoms with Crippen molar-refractivity contribution in [1.29, 1.82) is 0 Å². The van der Waals surface area contributed by atoms with Crippen LogP contribution in [0.3, 0.4) is 0 Å². The predicted molar refractivity (Wildman–Crippen MR) is 109 cm³/mol. The lowest BCUT2D eigenvalue weighted by molar-refractivity contribution is -0.123. The number of rotatable bonds is 3. The lowest BCUT2D eigenvalue weighted by atomic mass is 9.96. The number of anilines is 2. The number of nitrogens with one attached hydrogen (secondary N) is 1. The molecule has 0 atom stereocenters. The molecule has 0 saturated carbocycles. The van der Waals surface area contributed by atoms with E-state index >= 15 is 0 Å². The highest BCUT2D eigenvalue weighted by molar-refractivity contribution is 7.18. The number of amides is 2. The van der Waals surface area contributed by atoms with Gasteiger partial charge in [0, 0.05) is 37.8 Å². The number of hydrogen-bond donors (Lipinski definition) is 1. The summed E-state index contributed by atoms with van der Waals surface area (Å²) < 4.78 is 0. The molecule has 0 spiro atoms. The Bertz CT molecular complexity index is 818. The van der Waals surface area contributed by atoms with E-state index in [4.69, 9.17) is 0 Å². The Morgan fingerprint density at radius 3 is 2.44 bits per heavy atom. The van der Waals surface area contributed by atoms with Gasteiger partial charge < -0.3 is 15.1 Å². The molecule has 7 heteroatoms. The van der Waals surface area contributed by atoms with Gasteiger partial charge in [0.15, 0.2) is 0 Å². The van der Waals surface area contributed by atoms with Crippen molar-refractivity contribution in [3.63, 3.8) is 0 Å². The van der Waals surface area contributed by atoms with E-state index in [-0.39, 0.29) is 11.8 Å². The van der Waals surface area contributed by atoms with Crippen molar-refractivity contribution in [3.05, 3.63) is 40.9 Å². The molecule has 1 aliphatic rings. The van der Waals surface area contributed by atoms with Gasteiger partial charge in [0.05, 0.1) is 9.88 Å². The van der Waals surface area contributed by atoms with Crippen molar-refractivity contribution in [2.45, 2.75) is 27.7 Å². The van der Waals surface area contributed by atoms with E-state index in [9.17, 15) is 9.59 Å². The molecule has 27 heavy (non-hydrogen) atoms. The van der Waals surface area contributed by atoms with E-state index in [0.29, 0.717) is 18.0 Å². The quantitative estimate of drug-likeness (QED) is 0.878. The monoisotopic (exact) mass is 386 g/mol. The van der Waals surface area contributed by atoms with E-state index < -0.39 is 5.41 Å². The zero-order valence-electron chi connectivity index (χ0n) is 16.3.